The molecule has 0 spiro atoms. The molecular formula is C7H5BrF3N. The Kier molecular flexibility index (Phi) is 2.72. The Balaban J connectivity index is 3.23. The minimum Gasteiger partial charge on any atom is -0.212 e. The van der Waals surface area contributed by atoms with Gasteiger partial charge in [0.05, 0.1) is 5.56 Å². The van der Waals surface area contributed by atoms with E-state index in [2.05, 4.69) is 20.9 Å². The number of alkyl halides is 2. The monoisotopic (exact) mass is 239 g/mol. The predicted molar refractivity (Wildman–Crippen MR) is 41.6 cm³/mol. The van der Waals surface area contributed by atoms with Crippen molar-refractivity contribution >= 4 is 15.9 Å². The maximum atomic E-state index is 12.7. The van der Waals surface area contributed by atoms with E-state index in [9.17, 15) is 13.2 Å². The first-order valence-electron chi connectivity index (χ1n) is 3.13. The predicted octanol–water partition coefficient (Wildman–Crippen LogP) is 3.23. The molecule has 12 heavy (non-hydrogen) atoms. The summed E-state index contributed by atoms with van der Waals surface area (Å²) in [4.78, 5) is 3.26. The van der Waals surface area contributed by atoms with Gasteiger partial charge in [0, 0.05) is 0 Å². The molecule has 1 aromatic heterocycles. The normalized spacial score (nSPS) is 10.8. The number of halogens is 4. The van der Waals surface area contributed by atoms with E-state index in [1.165, 1.54) is 0 Å². The summed E-state index contributed by atoms with van der Waals surface area (Å²) < 4.78 is 37.0. The van der Waals surface area contributed by atoms with Crippen molar-refractivity contribution in [2.75, 3.05) is 0 Å². The number of aryl methyl sites for hydroxylation is 1. The fraction of sp³-hybridized carbons (Fsp3) is 0.286. The average Bonchev–Trinajstić information content (AvgIpc) is 1.96. The summed E-state index contributed by atoms with van der Waals surface area (Å²) in [6, 6.07) is 1.08. The Morgan fingerprint density at radius 3 is 2.58 bits per heavy atom. The Morgan fingerprint density at radius 2 is 2.08 bits per heavy atom. The molecule has 0 aliphatic heterocycles. The second-order valence-corrected chi connectivity index (χ2v) is 3.03. The largest absolute Gasteiger partial charge is 0.268 e. The van der Waals surface area contributed by atoms with Crippen LogP contribution in [0.15, 0.2) is 10.7 Å². The SMILES string of the molecule is Cc1cc(C(F)F)c(F)nc1Br. The first-order valence-corrected chi connectivity index (χ1v) is 3.92. The summed E-state index contributed by atoms with van der Waals surface area (Å²) in [7, 11) is 0. The highest BCUT2D eigenvalue weighted by Crippen LogP contribution is 2.24. The van der Waals surface area contributed by atoms with Gasteiger partial charge in [-0.1, -0.05) is 0 Å². The van der Waals surface area contributed by atoms with Crippen LogP contribution in [0.3, 0.4) is 0 Å². The first-order chi connectivity index (χ1) is 5.52. The fourth-order valence-electron chi connectivity index (χ4n) is 0.744. The number of hydrogen-bond donors (Lipinski definition) is 0. The van der Waals surface area contributed by atoms with Crippen LogP contribution >= 0.6 is 15.9 Å². The van der Waals surface area contributed by atoms with E-state index in [4.69, 9.17) is 0 Å². The smallest absolute Gasteiger partial charge is 0.212 e. The van der Waals surface area contributed by atoms with Crippen molar-refractivity contribution in [3.63, 3.8) is 0 Å². The van der Waals surface area contributed by atoms with E-state index in [1.54, 1.807) is 6.92 Å². The van der Waals surface area contributed by atoms with Gasteiger partial charge in [0.15, 0.2) is 0 Å². The lowest BCUT2D eigenvalue weighted by Gasteiger charge is -2.03. The van der Waals surface area contributed by atoms with Crippen LogP contribution in [0.5, 0.6) is 0 Å². The van der Waals surface area contributed by atoms with Crippen molar-refractivity contribution in [3.05, 3.63) is 27.7 Å². The van der Waals surface area contributed by atoms with E-state index in [-0.39, 0.29) is 4.60 Å². The number of pyridine rings is 1. The highest BCUT2D eigenvalue weighted by atomic mass is 79.9. The molecule has 0 aliphatic rings. The molecular weight excluding hydrogens is 235 g/mol. The van der Waals surface area contributed by atoms with Crippen molar-refractivity contribution in [1.29, 1.82) is 0 Å². The summed E-state index contributed by atoms with van der Waals surface area (Å²) in [5, 5.41) is 0. The molecule has 0 saturated heterocycles. The minimum atomic E-state index is -2.82. The van der Waals surface area contributed by atoms with Crippen LogP contribution in [-0.2, 0) is 0 Å². The van der Waals surface area contributed by atoms with E-state index >= 15 is 0 Å². The van der Waals surface area contributed by atoms with Crippen LogP contribution in [0.2, 0.25) is 0 Å². The summed E-state index contributed by atoms with van der Waals surface area (Å²) in [6.45, 7) is 1.57. The van der Waals surface area contributed by atoms with Gasteiger partial charge in [-0.15, -0.1) is 0 Å². The molecule has 0 N–H and O–H groups in total. The lowest BCUT2D eigenvalue weighted by molar-refractivity contribution is 0.145. The summed E-state index contributed by atoms with van der Waals surface area (Å²) in [5.74, 6) is -1.12. The zero-order valence-corrected chi connectivity index (χ0v) is 7.70. The average molecular weight is 240 g/mol. The summed E-state index contributed by atoms with van der Waals surface area (Å²) in [5.41, 5.74) is -0.164. The second-order valence-electron chi connectivity index (χ2n) is 2.28. The van der Waals surface area contributed by atoms with Crippen LogP contribution in [0, 0.1) is 12.9 Å². The van der Waals surface area contributed by atoms with Gasteiger partial charge in [0.2, 0.25) is 5.95 Å². The maximum absolute atomic E-state index is 12.7. The van der Waals surface area contributed by atoms with Crippen molar-refractivity contribution in [3.8, 4) is 0 Å². The molecule has 0 atom stereocenters. The molecule has 0 aromatic carbocycles. The van der Waals surface area contributed by atoms with Crippen LogP contribution in [0.1, 0.15) is 17.6 Å². The molecule has 1 nitrogen and oxygen atoms in total. The zero-order chi connectivity index (χ0) is 9.30. The van der Waals surface area contributed by atoms with Gasteiger partial charge in [-0.3, -0.25) is 0 Å². The molecule has 0 saturated carbocycles. The van der Waals surface area contributed by atoms with Crippen molar-refractivity contribution < 1.29 is 13.2 Å². The van der Waals surface area contributed by atoms with Gasteiger partial charge in [-0.2, -0.15) is 4.39 Å². The molecule has 1 aromatic rings. The standard InChI is InChI=1S/C7H5BrF3N/c1-3-2-4(6(9)10)7(11)12-5(3)8/h2,6H,1H3. The van der Waals surface area contributed by atoms with Crippen molar-refractivity contribution in [2.24, 2.45) is 0 Å². The van der Waals surface area contributed by atoms with Crippen LogP contribution < -0.4 is 0 Å². The zero-order valence-electron chi connectivity index (χ0n) is 6.11. The first kappa shape index (κ1) is 9.51. The number of nitrogens with zero attached hydrogens (tertiary/aromatic N) is 1. The summed E-state index contributed by atoms with van der Waals surface area (Å²) in [6.07, 6.45) is -2.82. The Labute approximate surface area is 75.7 Å². The third kappa shape index (κ3) is 1.77. The summed E-state index contributed by atoms with van der Waals surface area (Å²) >= 11 is 2.93. The van der Waals surface area contributed by atoms with Gasteiger partial charge < -0.3 is 0 Å². The molecule has 0 bridgehead atoms. The molecule has 1 rings (SSSR count). The van der Waals surface area contributed by atoms with Gasteiger partial charge in [0.1, 0.15) is 4.60 Å². The third-order valence-electron chi connectivity index (χ3n) is 1.37. The van der Waals surface area contributed by atoms with Gasteiger partial charge in [-0.25, -0.2) is 13.8 Å². The van der Waals surface area contributed by atoms with Gasteiger partial charge in [0.25, 0.3) is 6.43 Å². The molecule has 1 heterocycles. The lowest BCUT2D eigenvalue weighted by Crippen LogP contribution is -1.96. The van der Waals surface area contributed by atoms with Crippen molar-refractivity contribution in [2.45, 2.75) is 13.3 Å². The van der Waals surface area contributed by atoms with Crippen molar-refractivity contribution in [1.82, 2.24) is 4.98 Å². The molecule has 0 fully saturated rings. The number of hydrogen-bond acceptors (Lipinski definition) is 1. The number of aromatic nitrogens is 1. The van der Waals surface area contributed by atoms with Crippen LogP contribution in [0.25, 0.3) is 0 Å². The molecule has 0 radical (unpaired) electrons. The van der Waals surface area contributed by atoms with Crippen LogP contribution in [-0.4, -0.2) is 4.98 Å². The number of rotatable bonds is 1. The molecule has 5 heteroatoms. The van der Waals surface area contributed by atoms with Gasteiger partial charge >= 0.3 is 0 Å². The van der Waals surface area contributed by atoms with E-state index < -0.39 is 17.9 Å². The molecule has 66 valence electrons. The Hall–Kier alpha value is -0.580. The molecule has 0 amide bonds. The Bertz CT molecular complexity index is 301. The topological polar surface area (TPSA) is 12.9 Å². The molecule has 0 aliphatic carbocycles. The molecule has 0 unspecified atom stereocenters. The maximum Gasteiger partial charge on any atom is 0.268 e. The third-order valence-corrected chi connectivity index (χ3v) is 2.17. The Morgan fingerprint density at radius 1 is 1.50 bits per heavy atom. The second kappa shape index (κ2) is 3.43. The fourth-order valence-corrected chi connectivity index (χ4v) is 1.01. The quantitative estimate of drug-likeness (QED) is 0.686. The van der Waals surface area contributed by atoms with E-state index in [1.807, 2.05) is 0 Å². The van der Waals surface area contributed by atoms with E-state index in [0.29, 0.717) is 5.56 Å². The lowest BCUT2D eigenvalue weighted by atomic mass is 10.2. The van der Waals surface area contributed by atoms with Gasteiger partial charge in [-0.05, 0) is 34.5 Å². The minimum absolute atomic E-state index is 0.254. The highest BCUT2D eigenvalue weighted by molar-refractivity contribution is 9.10. The highest BCUT2D eigenvalue weighted by Gasteiger charge is 2.15. The van der Waals surface area contributed by atoms with Crippen LogP contribution in [0.4, 0.5) is 13.2 Å². The van der Waals surface area contributed by atoms with E-state index in [0.717, 1.165) is 6.07 Å².